The van der Waals surface area contributed by atoms with Gasteiger partial charge >= 0.3 is 6.09 Å². The normalized spacial score (nSPS) is 18.2. The fourth-order valence-electron chi connectivity index (χ4n) is 2.90. The van der Waals surface area contributed by atoms with Crippen LogP contribution >= 0.6 is 11.3 Å². The molecular weight excluding hydrogens is 339 g/mol. The van der Waals surface area contributed by atoms with E-state index < -0.39 is 5.60 Å². The van der Waals surface area contributed by atoms with Crippen molar-refractivity contribution in [2.24, 2.45) is 0 Å². The highest BCUT2D eigenvalue weighted by Crippen LogP contribution is 2.32. The molecule has 0 spiro atoms. The minimum Gasteiger partial charge on any atom is -0.444 e. The van der Waals surface area contributed by atoms with E-state index in [1.54, 1.807) is 28.4 Å². The first kappa shape index (κ1) is 17.9. The van der Waals surface area contributed by atoms with Crippen LogP contribution in [-0.4, -0.2) is 34.7 Å². The SMILES string of the molecule is CC(C)(C)OC(=O)N1CCCC(c2nc(-c3ccc(F)cc3)cs2)C1. The summed E-state index contributed by atoms with van der Waals surface area (Å²) in [5.41, 5.74) is 1.28. The van der Waals surface area contributed by atoms with Crippen molar-refractivity contribution in [3.05, 3.63) is 40.5 Å². The maximum Gasteiger partial charge on any atom is 0.410 e. The summed E-state index contributed by atoms with van der Waals surface area (Å²) in [4.78, 5) is 18.8. The second-order valence-electron chi connectivity index (χ2n) is 7.34. The number of halogens is 1. The number of hydrogen-bond acceptors (Lipinski definition) is 4. The third-order valence-corrected chi connectivity index (χ3v) is 5.09. The number of thiazole rings is 1. The van der Waals surface area contributed by atoms with E-state index in [0.29, 0.717) is 6.54 Å². The van der Waals surface area contributed by atoms with Crippen molar-refractivity contribution in [3.63, 3.8) is 0 Å². The van der Waals surface area contributed by atoms with Gasteiger partial charge in [0.2, 0.25) is 0 Å². The van der Waals surface area contributed by atoms with Gasteiger partial charge in [0.25, 0.3) is 0 Å². The van der Waals surface area contributed by atoms with Gasteiger partial charge < -0.3 is 9.64 Å². The molecule has 2 aromatic rings. The average molecular weight is 362 g/mol. The van der Waals surface area contributed by atoms with Crippen molar-refractivity contribution in [1.82, 2.24) is 9.88 Å². The van der Waals surface area contributed by atoms with Gasteiger partial charge in [0.05, 0.1) is 10.7 Å². The van der Waals surface area contributed by atoms with Crippen molar-refractivity contribution in [2.75, 3.05) is 13.1 Å². The number of benzene rings is 1. The van der Waals surface area contributed by atoms with Gasteiger partial charge in [-0.1, -0.05) is 0 Å². The van der Waals surface area contributed by atoms with Crippen LogP contribution in [0.1, 0.15) is 44.5 Å². The molecule has 0 N–H and O–H groups in total. The zero-order valence-electron chi connectivity index (χ0n) is 14.8. The van der Waals surface area contributed by atoms with Crippen LogP contribution in [-0.2, 0) is 4.74 Å². The Morgan fingerprint density at radius 3 is 2.72 bits per heavy atom. The summed E-state index contributed by atoms with van der Waals surface area (Å²) in [6.45, 7) is 6.99. The molecule has 1 aromatic heterocycles. The van der Waals surface area contributed by atoms with Gasteiger partial charge in [-0.15, -0.1) is 11.3 Å². The fourth-order valence-corrected chi connectivity index (χ4v) is 3.86. The topological polar surface area (TPSA) is 42.4 Å². The Morgan fingerprint density at radius 2 is 2.04 bits per heavy atom. The Kier molecular flexibility index (Phi) is 5.08. The van der Waals surface area contributed by atoms with E-state index in [-0.39, 0.29) is 17.8 Å². The molecule has 1 atom stereocenters. The van der Waals surface area contributed by atoms with Crippen LogP contribution in [0.4, 0.5) is 9.18 Å². The number of hydrogen-bond donors (Lipinski definition) is 0. The number of nitrogens with zero attached hydrogens (tertiary/aromatic N) is 2. The first-order valence-corrected chi connectivity index (χ1v) is 9.39. The van der Waals surface area contributed by atoms with Gasteiger partial charge in [-0.2, -0.15) is 0 Å². The lowest BCUT2D eigenvalue weighted by Crippen LogP contribution is -2.42. The van der Waals surface area contributed by atoms with Crippen LogP contribution in [0.3, 0.4) is 0 Å². The van der Waals surface area contributed by atoms with Crippen molar-refractivity contribution >= 4 is 17.4 Å². The molecule has 25 heavy (non-hydrogen) atoms. The number of amides is 1. The molecule has 1 aliphatic rings. The number of likely N-dealkylation sites (tertiary alicyclic amines) is 1. The molecule has 134 valence electrons. The maximum atomic E-state index is 13.1. The van der Waals surface area contributed by atoms with E-state index in [4.69, 9.17) is 9.72 Å². The van der Waals surface area contributed by atoms with E-state index in [1.165, 1.54) is 12.1 Å². The molecule has 1 saturated heterocycles. The molecule has 1 aromatic carbocycles. The van der Waals surface area contributed by atoms with Gasteiger partial charge in [-0.3, -0.25) is 0 Å². The first-order valence-electron chi connectivity index (χ1n) is 8.51. The van der Waals surface area contributed by atoms with Crippen LogP contribution in [0.15, 0.2) is 29.6 Å². The van der Waals surface area contributed by atoms with Crippen LogP contribution < -0.4 is 0 Å². The summed E-state index contributed by atoms with van der Waals surface area (Å²) in [5.74, 6) is -0.0278. The summed E-state index contributed by atoms with van der Waals surface area (Å²) >= 11 is 1.60. The number of rotatable bonds is 2. The lowest BCUT2D eigenvalue weighted by atomic mass is 9.99. The third-order valence-electron chi connectivity index (χ3n) is 4.08. The van der Waals surface area contributed by atoms with Crippen molar-refractivity contribution < 1.29 is 13.9 Å². The summed E-state index contributed by atoms with van der Waals surface area (Å²) in [7, 11) is 0. The average Bonchev–Trinajstić information content (AvgIpc) is 3.04. The van der Waals surface area contributed by atoms with E-state index in [1.807, 2.05) is 26.2 Å². The second kappa shape index (κ2) is 7.12. The van der Waals surface area contributed by atoms with E-state index >= 15 is 0 Å². The molecule has 1 fully saturated rings. The molecule has 4 nitrogen and oxygen atoms in total. The Bertz CT molecular complexity index is 737. The Balaban J connectivity index is 1.70. The Morgan fingerprint density at radius 1 is 1.32 bits per heavy atom. The summed E-state index contributed by atoms with van der Waals surface area (Å²) < 4.78 is 18.5. The standard InChI is InChI=1S/C19H23FN2O2S/c1-19(2,3)24-18(23)22-10-4-5-14(11-22)17-21-16(12-25-17)13-6-8-15(20)9-7-13/h6-9,12,14H,4-5,10-11H2,1-3H3. The van der Waals surface area contributed by atoms with Crippen LogP contribution in [0.2, 0.25) is 0 Å². The third kappa shape index (κ3) is 4.57. The molecule has 0 aliphatic carbocycles. The van der Waals surface area contributed by atoms with Crippen LogP contribution in [0.5, 0.6) is 0 Å². The zero-order chi connectivity index (χ0) is 18.0. The van der Waals surface area contributed by atoms with E-state index in [9.17, 15) is 9.18 Å². The monoisotopic (exact) mass is 362 g/mol. The number of aromatic nitrogens is 1. The molecule has 6 heteroatoms. The highest BCUT2D eigenvalue weighted by molar-refractivity contribution is 7.10. The molecule has 1 aliphatic heterocycles. The first-order chi connectivity index (χ1) is 11.8. The molecule has 1 unspecified atom stereocenters. The highest BCUT2D eigenvalue weighted by Gasteiger charge is 2.29. The quantitative estimate of drug-likeness (QED) is 0.749. The minimum atomic E-state index is -0.485. The van der Waals surface area contributed by atoms with Gasteiger partial charge in [-0.25, -0.2) is 14.2 Å². The van der Waals surface area contributed by atoms with Gasteiger partial charge in [0.15, 0.2) is 0 Å². The predicted octanol–water partition coefficient (Wildman–Crippen LogP) is 5.06. The van der Waals surface area contributed by atoms with E-state index in [0.717, 1.165) is 35.7 Å². The lowest BCUT2D eigenvalue weighted by molar-refractivity contribution is 0.0198. The Labute approximate surface area is 151 Å². The molecule has 2 heterocycles. The zero-order valence-corrected chi connectivity index (χ0v) is 15.6. The smallest absolute Gasteiger partial charge is 0.410 e. The molecule has 0 bridgehead atoms. The van der Waals surface area contributed by atoms with Gasteiger partial charge in [-0.05, 0) is 57.9 Å². The molecule has 1 amide bonds. The maximum absolute atomic E-state index is 13.1. The predicted molar refractivity (Wildman–Crippen MR) is 97.3 cm³/mol. The molecule has 3 rings (SSSR count). The Hall–Kier alpha value is -1.95. The van der Waals surface area contributed by atoms with E-state index in [2.05, 4.69) is 0 Å². The van der Waals surface area contributed by atoms with Gasteiger partial charge in [0, 0.05) is 30.0 Å². The van der Waals surface area contributed by atoms with Crippen molar-refractivity contribution in [3.8, 4) is 11.3 Å². The minimum absolute atomic E-state index is 0.223. The van der Waals surface area contributed by atoms with Crippen molar-refractivity contribution in [1.29, 1.82) is 0 Å². The van der Waals surface area contributed by atoms with Crippen LogP contribution in [0, 0.1) is 5.82 Å². The molecule has 0 saturated carbocycles. The largest absolute Gasteiger partial charge is 0.444 e. The number of piperidine rings is 1. The summed E-state index contributed by atoms with van der Waals surface area (Å²) in [6.07, 6.45) is 1.69. The fraction of sp³-hybridized carbons (Fsp3) is 0.474. The molecular formula is C19H23FN2O2S. The van der Waals surface area contributed by atoms with Gasteiger partial charge in [0.1, 0.15) is 11.4 Å². The molecule has 0 radical (unpaired) electrons. The second-order valence-corrected chi connectivity index (χ2v) is 8.23. The summed E-state index contributed by atoms with van der Waals surface area (Å²) in [5, 5.41) is 3.02. The number of carbonyl (C=O) groups excluding carboxylic acids is 1. The lowest BCUT2D eigenvalue weighted by Gasteiger charge is -2.33. The van der Waals surface area contributed by atoms with Crippen molar-refractivity contribution in [2.45, 2.75) is 45.1 Å². The summed E-state index contributed by atoms with van der Waals surface area (Å²) in [6, 6.07) is 6.36. The number of ether oxygens (including phenoxy) is 1. The highest BCUT2D eigenvalue weighted by atomic mass is 32.1. The number of carbonyl (C=O) groups is 1. The van der Waals surface area contributed by atoms with Crippen LogP contribution in [0.25, 0.3) is 11.3 Å².